The van der Waals surface area contributed by atoms with E-state index in [1.54, 1.807) is 7.11 Å². The van der Waals surface area contributed by atoms with Crippen LogP contribution >= 0.6 is 0 Å². The summed E-state index contributed by atoms with van der Waals surface area (Å²) >= 11 is 0. The maximum Gasteiger partial charge on any atom is 0.236 e. The monoisotopic (exact) mass is 294 g/mol. The van der Waals surface area contributed by atoms with Crippen molar-refractivity contribution in [2.24, 2.45) is 0 Å². The van der Waals surface area contributed by atoms with Crippen molar-refractivity contribution in [2.75, 3.05) is 25.1 Å². The van der Waals surface area contributed by atoms with Gasteiger partial charge in [-0.1, -0.05) is 0 Å². The van der Waals surface area contributed by atoms with Gasteiger partial charge in [0.15, 0.2) is 0 Å². The van der Waals surface area contributed by atoms with Gasteiger partial charge in [0.1, 0.15) is 11.6 Å². The second-order valence-corrected chi connectivity index (χ2v) is 5.64. The van der Waals surface area contributed by atoms with Crippen molar-refractivity contribution in [3.05, 3.63) is 42.2 Å². The normalized spacial score (nSPS) is 14.2. The summed E-state index contributed by atoms with van der Waals surface area (Å²) in [6, 6.07) is 8.16. The van der Waals surface area contributed by atoms with Crippen LogP contribution < -0.4 is 9.64 Å². The van der Waals surface area contributed by atoms with Crippen LogP contribution in [0.25, 0.3) is 17.0 Å². The first-order valence-corrected chi connectivity index (χ1v) is 7.50. The molecule has 0 spiro atoms. The zero-order chi connectivity index (χ0) is 15.1. The Labute approximate surface area is 129 Å². The highest BCUT2D eigenvalue weighted by Crippen LogP contribution is 2.26. The molecule has 0 unspecified atom stereocenters. The maximum atomic E-state index is 5.31. The molecule has 0 amide bonds. The number of ether oxygens (including phenoxy) is 1. The fourth-order valence-corrected chi connectivity index (χ4v) is 2.76. The minimum atomic E-state index is 0.743. The van der Waals surface area contributed by atoms with Crippen molar-refractivity contribution in [3.8, 4) is 17.0 Å². The summed E-state index contributed by atoms with van der Waals surface area (Å²) in [5.74, 6) is 2.65. The summed E-state index contributed by atoms with van der Waals surface area (Å²) in [4.78, 5) is 11.6. The first kappa shape index (κ1) is 13.1. The Hall–Kier alpha value is -2.56. The Morgan fingerprint density at radius 1 is 1.14 bits per heavy atom. The number of rotatable bonds is 3. The van der Waals surface area contributed by atoms with Crippen LogP contribution in [0.5, 0.6) is 5.75 Å². The average molecular weight is 294 g/mol. The van der Waals surface area contributed by atoms with E-state index in [4.69, 9.17) is 4.74 Å². The number of benzene rings is 1. The molecule has 0 radical (unpaired) electrons. The Balaban J connectivity index is 1.74. The number of aromatic nitrogens is 3. The van der Waals surface area contributed by atoms with Gasteiger partial charge in [-0.25, -0.2) is 4.98 Å². The molecule has 0 aliphatic carbocycles. The minimum Gasteiger partial charge on any atom is -0.496 e. The molecule has 4 rings (SSSR count). The highest BCUT2D eigenvalue weighted by molar-refractivity contribution is 5.64. The van der Waals surface area contributed by atoms with Gasteiger partial charge in [0.05, 0.1) is 12.8 Å². The Morgan fingerprint density at radius 3 is 2.68 bits per heavy atom. The number of hydrogen-bond donors (Lipinski definition) is 0. The minimum absolute atomic E-state index is 0.743. The number of aryl methyl sites for hydroxylation is 1. The predicted molar refractivity (Wildman–Crippen MR) is 86.5 cm³/mol. The van der Waals surface area contributed by atoms with Crippen molar-refractivity contribution in [2.45, 2.75) is 13.3 Å². The van der Waals surface area contributed by atoms with E-state index in [9.17, 15) is 0 Å². The predicted octanol–water partition coefficient (Wildman–Crippen LogP) is 2.92. The van der Waals surface area contributed by atoms with Crippen molar-refractivity contribution < 1.29 is 4.74 Å². The van der Waals surface area contributed by atoms with Gasteiger partial charge in [-0.05, 0) is 43.2 Å². The van der Waals surface area contributed by atoms with Crippen LogP contribution in [0, 0.1) is 6.92 Å². The lowest BCUT2D eigenvalue weighted by Crippen LogP contribution is -2.37. The molecule has 22 heavy (non-hydrogen) atoms. The van der Waals surface area contributed by atoms with Gasteiger partial charge in [-0.2, -0.15) is 4.98 Å². The van der Waals surface area contributed by atoms with E-state index in [-0.39, 0.29) is 0 Å². The van der Waals surface area contributed by atoms with Crippen LogP contribution in [0.4, 0.5) is 5.82 Å². The summed E-state index contributed by atoms with van der Waals surface area (Å²) in [6.07, 6.45) is 5.30. The van der Waals surface area contributed by atoms with Gasteiger partial charge >= 0.3 is 0 Å². The summed E-state index contributed by atoms with van der Waals surface area (Å²) in [5.41, 5.74) is 3.11. The molecule has 1 saturated heterocycles. The standard InChI is InChI=1S/C17H18N4O/c1-12-10-13(4-5-15(12)22-2)14-11-21-9-6-16(19-17(21)18-14)20-7-3-8-20/h4-6,9-11H,3,7-8H2,1-2H3. The lowest BCUT2D eigenvalue weighted by atomic mass is 10.1. The molecule has 0 N–H and O–H groups in total. The molecular formula is C17H18N4O. The van der Waals surface area contributed by atoms with E-state index in [1.165, 1.54) is 6.42 Å². The van der Waals surface area contributed by atoms with Gasteiger partial charge in [0.25, 0.3) is 0 Å². The molecule has 0 saturated carbocycles. The molecule has 0 bridgehead atoms. The largest absolute Gasteiger partial charge is 0.496 e. The third-order valence-electron chi connectivity index (χ3n) is 4.18. The first-order valence-electron chi connectivity index (χ1n) is 7.50. The molecule has 0 atom stereocenters. The van der Waals surface area contributed by atoms with Gasteiger partial charge < -0.3 is 9.64 Å². The van der Waals surface area contributed by atoms with Crippen LogP contribution in [0.3, 0.4) is 0 Å². The van der Waals surface area contributed by atoms with Crippen LogP contribution in [0.1, 0.15) is 12.0 Å². The Morgan fingerprint density at radius 2 is 2.00 bits per heavy atom. The Bertz CT molecular complexity index is 836. The van der Waals surface area contributed by atoms with Crippen LogP contribution in [0.15, 0.2) is 36.7 Å². The Kier molecular flexibility index (Phi) is 2.99. The molecule has 1 aliphatic heterocycles. The third-order valence-corrected chi connectivity index (χ3v) is 4.18. The van der Waals surface area contributed by atoms with Crippen LogP contribution in [-0.4, -0.2) is 34.6 Å². The van der Waals surface area contributed by atoms with Crippen LogP contribution in [0.2, 0.25) is 0 Å². The van der Waals surface area contributed by atoms with Crippen molar-refractivity contribution >= 4 is 11.6 Å². The molecule has 2 aromatic heterocycles. The van der Waals surface area contributed by atoms with E-state index in [0.717, 1.165) is 47.3 Å². The molecule has 5 heteroatoms. The third kappa shape index (κ3) is 2.09. The molecular weight excluding hydrogens is 276 g/mol. The van der Waals surface area contributed by atoms with Gasteiger partial charge in [0.2, 0.25) is 5.78 Å². The summed E-state index contributed by atoms with van der Waals surface area (Å²) in [7, 11) is 1.69. The average Bonchev–Trinajstić information content (AvgIpc) is 2.88. The topological polar surface area (TPSA) is 42.7 Å². The quantitative estimate of drug-likeness (QED) is 0.745. The molecule has 3 aromatic rings. The van der Waals surface area contributed by atoms with Gasteiger partial charge in [-0.3, -0.25) is 4.40 Å². The number of anilines is 1. The van der Waals surface area contributed by atoms with E-state index in [1.807, 2.05) is 35.9 Å². The first-order chi connectivity index (χ1) is 10.7. The number of fused-ring (bicyclic) bond motifs is 1. The number of nitrogens with zero attached hydrogens (tertiary/aromatic N) is 4. The molecule has 1 aromatic carbocycles. The van der Waals surface area contributed by atoms with E-state index in [2.05, 4.69) is 27.0 Å². The lowest BCUT2D eigenvalue weighted by Gasteiger charge is -2.31. The maximum absolute atomic E-state index is 5.31. The fraction of sp³-hybridized carbons (Fsp3) is 0.294. The van der Waals surface area contributed by atoms with E-state index >= 15 is 0 Å². The summed E-state index contributed by atoms with van der Waals surface area (Å²) in [5, 5.41) is 0. The number of hydrogen-bond acceptors (Lipinski definition) is 4. The summed E-state index contributed by atoms with van der Waals surface area (Å²) < 4.78 is 7.28. The van der Waals surface area contributed by atoms with Crippen molar-refractivity contribution in [1.29, 1.82) is 0 Å². The molecule has 3 heterocycles. The number of methoxy groups -OCH3 is 1. The highest BCUT2D eigenvalue weighted by atomic mass is 16.5. The fourth-order valence-electron chi connectivity index (χ4n) is 2.76. The second-order valence-electron chi connectivity index (χ2n) is 5.64. The van der Waals surface area contributed by atoms with Gasteiger partial charge in [0, 0.05) is 31.0 Å². The SMILES string of the molecule is COc1ccc(-c2cn3ccc(N4CCC4)nc3n2)cc1C. The number of imidazole rings is 1. The lowest BCUT2D eigenvalue weighted by molar-refractivity contribution is 0.412. The van der Waals surface area contributed by atoms with E-state index in [0.29, 0.717) is 0 Å². The highest BCUT2D eigenvalue weighted by Gasteiger charge is 2.16. The molecule has 112 valence electrons. The van der Waals surface area contributed by atoms with Crippen molar-refractivity contribution in [1.82, 2.24) is 14.4 Å². The molecule has 5 nitrogen and oxygen atoms in total. The zero-order valence-electron chi connectivity index (χ0n) is 12.8. The summed E-state index contributed by atoms with van der Waals surface area (Å²) in [6.45, 7) is 4.22. The molecule has 1 aliphatic rings. The molecule has 1 fully saturated rings. The van der Waals surface area contributed by atoms with E-state index < -0.39 is 0 Å². The van der Waals surface area contributed by atoms with Crippen LogP contribution in [-0.2, 0) is 0 Å². The van der Waals surface area contributed by atoms with Crippen molar-refractivity contribution in [3.63, 3.8) is 0 Å². The van der Waals surface area contributed by atoms with Gasteiger partial charge in [-0.15, -0.1) is 0 Å². The zero-order valence-corrected chi connectivity index (χ0v) is 12.8. The smallest absolute Gasteiger partial charge is 0.236 e. The second kappa shape index (κ2) is 5.02.